The second-order valence-corrected chi connectivity index (χ2v) is 9.26. The van der Waals surface area contributed by atoms with Crippen LogP contribution in [0.25, 0.3) is 10.9 Å². The fourth-order valence-corrected chi connectivity index (χ4v) is 4.74. The van der Waals surface area contributed by atoms with E-state index in [2.05, 4.69) is 15.4 Å². The van der Waals surface area contributed by atoms with E-state index < -0.39 is 15.7 Å². The molecule has 2 aromatic heterocycles. The summed E-state index contributed by atoms with van der Waals surface area (Å²) in [6.45, 7) is 0. The molecule has 0 saturated carbocycles. The maximum atomic E-state index is 12.3. The van der Waals surface area contributed by atoms with Crippen molar-refractivity contribution >= 4 is 32.3 Å². The predicted octanol–water partition coefficient (Wildman–Crippen LogP) is 1.88. The molecule has 1 aliphatic rings. The number of amides is 1. The summed E-state index contributed by atoms with van der Waals surface area (Å²) in [4.78, 5) is 16.2. The van der Waals surface area contributed by atoms with Gasteiger partial charge in [-0.15, -0.1) is 5.10 Å². The molecule has 10 heteroatoms. The molecule has 0 radical (unpaired) electrons. The highest BCUT2D eigenvalue weighted by Gasteiger charge is 2.26. The lowest BCUT2D eigenvalue weighted by Crippen LogP contribution is -2.30. The first-order valence-electron chi connectivity index (χ1n) is 9.11. The summed E-state index contributed by atoms with van der Waals surface area (Å²) < 4.78 is 30.8. The zero-order chi connectivity index (χ0) is 20.6. The summed E-state index contributed by atoms with van der Waals surface area (Å²) in [6, 6.07) is 8.17. The van der Waals surface area contributed by atoms with Crippen molar-refractivity contribution in [2.24, 2.45) is 7.05 Å². The van der Waals surface area contributed by atoms with Crippen LogP contribution in [-0.4, -0.2) is 51.8 Å². The van der Waals surface area contributed by atoms with Crippen LogP contribution in [-0.2, 0) is 16.9 Å². The zero-order valence-electron chi connectivity index (χ0n) is 15.7. The van der Waals surface area contributed by atoms with E-state index in [9.17, 15) is 18.3 Å². The summed E-state index contributed by atoms with van der Waals surface area (Å²) in [5, 5.41) is 17.6. The Hall–Kier alpha value is -3.14. The number of sulfone groups is 1. The van der Waals surface area contributed by atoms with Crippen molar-refractivity contribution in [2.45, 2.75) is 18.9 Å². The van der Waals surface area contributed by atoms with Crippen molar-refractivity contribution in [1.82, 2.24) is 14.8 Å². The molecule has 1 amide bonds. The van der Waals surface area contributed by atoms with Crippen molar-refractivity contribution in [3.63, 3.8) is 0 Å². The number of aromatic hydroxyl groups is 1. The van der Waals surface area contributed by atoms with E-state index in [1.807, 2.05) is 0 Å². The number of benzene rings is 1. The zero-order valence-corrected chi connectivity index (χ0v) is 16.5. The predicted molar refractivity (Wildman–Crippen MR) is 107 cm³/mol. The second kappa shape index (κ2) is 7.36. The molecule has 0 bridgehead atoms. The molecule has 0 unspecified atom stereocenters. The highest BCUT2D eigenvalue weighted by Crippen LogP contribution is 2.30. The number of rotatable bonds is 4. The minimum atomic E-state index is -2.96. The fourth-order valence-electron chi connectivity index (χ4n) is 3.30. The number of hydrogen-bond acceptors (Lipinski definition) is 7. The highest BCUT2D eigenvalue weighted by atomic mass is 32.2. The van der Waals surface area contributed by atoms with Gasteiger partial charge >= 0.3 is 0 Å². The first kappa shape index (κ1) is 19.2. The Balaban J connectivity index is 1.54. The van der Waals surface area contributed by atoms with Gasteiger partial charge in [0.25, 0.3) is 5.91 Å². The second-order valence-electron chi connectivity index (χ2n) is 6.95. The van der Waals surface area contributed by atoms with Gasteiger partial charge in [-0.2, -0.15) is 0 Å². The molecule has 29 heavy (non-hydrogen) atoms. The molecule has 2 N–H and O–H groups in total. The average molecular weight is 416 g/mol. The van der Waals surface area contributed by atoms with E-state index in [0.717, 1.165) is 10.9 Å². The lowest BCUT2D eigenvalue weighted by atomic mass is 10.2. The molecule has 0 spiro atoms. The third-order valence-electron chi connectivity index (χ3n) is 4.86. The Labute approximate surface area is 167 Å². The lowest BCUT2D eigenvalue weighted by Gasteiger charge is -2.22. The number of fused-ring (bicyclic) bond motifs is 1. The Morgan fingerprint density at radius 3 is 2.76 bits per heavy atom. The Bertz CT molecular complexity index is 1170. The standard InChI is InChI=1S/C19H20N4O5S/c1-23-15-11-12(21-18(25)17-16(24)3-2-8-20-17)4-5-14(15)19(22-23)28-13-6-9-29(26,27)10-7-13/h2-5,8,11,13,24H,6-7,9-10H2,1H3,(H,21,25). The van der Waals surface area contributed by atoms with E-state index in [1.165, 1.54) is 18.3 Å². The van der Waals surface area contributed by atoms with Crippen LogP contribution in [0.5, 0.6) is 11.6 Å². The first-order valence-corrected chi connectivity index (χ1v) is 10.9. The lowest BCUT2D eigenvalue weighted by molar-refractivity contribution is 0.101. The maximum Gasteiger partial charge on any atom is 0.278 e. The van der Waals surface area contributed by atoms with Crippen LogP contribution in [0.2, 0.25) is 0 Å². The molecule has 1 saturated heterocycles. The fraction of sp³-hybridized carbons (Fsp3) is 0.316. The number of hydrogen-bond donors (Lipinski definition) is 2. The Morgan fingerprint density at radius 2 is 2.03 bits per heavy atom. The number of carbonyl (C=O) groups is 1. The molecule has 0 atom stereocenters. The number of carbonyl (C=O) groups excluding carboxylic acids is 1. The summed E-state index contributed by atoms with van der Waals surface area (Å²) in [7, 11) is -1.20. The van der Waals surface area contributed by atoms with Crippen molar-refractivity contribution < 1.29 is 23.1 Å². The van der Waals surface area contributed by atoms with Crippen molar-refractivity contribution in [2.75, 3.05) is 16.8 Å². The molecular weight excluding hydrogens is 396 g/mol. The quantitative estimate of drug-likeness (QED) is 0.665. The van der Waals surface area contributed by atoms with Gasteiger partial charge in [-0.1, -0.05) is 0 Å². The van der Waals surface area contributed by atoms with E-state index >= 15 is 0 Å². The van der Waals surface area contributed by atoms with Crippen LogP contribution < -0.4 is 10.1 Å². The van der Waals surface area contributed by atoms with Gasteiger partial charge in [0.05, 0.1) is 22.4 Å². The Kier molecular flexibility index (Phi) is 4.87. The number of ether oxygens (including phenoxy) is 1. The molecule has 0 aliphatic carbocycles. The van der Waals surface area contributed by atoms with Gasteiger partial charge in [-0.05, 0) is 43.2 Å². The third kappa shape index (κ3) is 4.02. The topological polar surface area (TPSA) is 123 Å². The van der Waals surface area contributed by atoms with Crippen molar-refractivity contribution in [1.29, 1.82) is 0 Å². The van der Waals surface area contributed by atoms with E-state index in [1.54, 1.807) is 29.9 Å². The van der Waals surface area contributed by atoms with E-state index in [4.69, 9.17) is 4.74 Å². The molecular formula is C19H20N4O5S. The smallest absolute Gasteiger partial charge is 0.278 e. The molecule has 1 fully saturated rings. The van der Waals surface area contributed by atoms with Gasteiger partial charge in [-0.25, -0.2) is 13.4 Å². The third-order valence-corrected chi connectivity index (χ3v) is 6.57. The molecule has 1 aliphatic heterocycles. The highest BCUT2D eigenvalue weighted by molar-refractivity contribution is 7.91. The number of aromatic nitrogens is 3. The number of nitrogens with zero attached hydrogens (tertiary/aromatic N) is 3. The van der Waals surface area contributed by atoms with Crippen LogP contribution >= 0.6 is 0 Å². The van der Waals surface area contributed by atoms with Crippen LogP contribution in [0.3, 0.4) is 0 Å². The van der Waals surface area contributed by atoms with E-state index in [-0.39, 0.29) is 29.1 Å². The number of aryl methyl sites for hydroxylation is 1. The molecule has 1 aromatic carbocycles. The normalized spacial score (nSPS) is 16.6. The molecule has 152 valence electrons. The molecule has 9 nitrogen and oxygen atoms in total. The van der Waals surface area contributed by atoms with Gasteiger partial charge in [0.1, 0.15) is 11.9 Å². The van der Waals surface area contributed by atoms with Gasteiger partial charge in [0.15, 0.2) is 15.5 Å². The summed E-state index contributed by atoms with van der Waals surface area (Å²) in [5.74, 6) is -0.0360. The summed E-state index contributed by atoms with van der Waals surface area (Å²) in [5.41, 5.74) is 1.20. The minimum absolute atomic E-state index is 0.0612. The van der Waals surface area contributed by atoms with Gasteiger partial charge < -0.3 is 15.2 Å². The first-order chi connectivity index (χ1) is 13.8. The van der Waals surface area contributed by atoms with Crippen molar-refractivity contribution in [3.8, 4) is 11.6 Å². The SMILES string of the molecule is Cn1nc(OC2CCS(=O)(=O)CC2)c2ccc(NC(=O)c3ncccc3O)cc21. The monoisotopic (exact) mass is 416 g/mol. The number of anilines is 1. The van der Waals surface area contributed by atoms with Gasteiger partial charge in [0, 0.05) is 18.9 Å². The van der Waals surface area contributed by atoms with Crippen LogP contribution in [0.4, 0.5) is 5.69 Å². The van der Waals surface area contributed by atoms with E-state index in [0.29, 0.717) is 24.4 Å². The Morgan fingerprint density at radius 1 is 1.28 bits per heavy atom. The van der Waals surface area contributed by atoms with Crippen LogP contribution in [0.15, 0.2) is 36.5 Å². The van der Waals surface area contributed by atoms with Crippen LogP contribution in [0.1, 0.15) is 23.3 Å². The molecule has 3 heterocycles. The average Bonchev–Trinajstić information content (AvgIpc) is 2.99. The number of nitrogens with one attached hydrogen (secondary N) is 1. The van der Waals surface area contributed by atoms with Gasteiger partial charge in [-0.3, -0.25) is 9.48 Å². The maximum absolute atomic E-state index is 12.3. The summed E-state index contributed by atoms with van der Waals surface area (Å²) in [6.07, 6.45) is 2.13. The van der Waals surface area contributed by atoms with Crippen LogP contribution in [0, 0.1) is 0 Å². The van der Waals surface area contributed by atoms with Crippen molar-refractivity contribution in [3.05, 3.63) is 42.2 Å². The number of pyridine rings is 1. The van der Waals surface area contributed by atoms with Gasteiger partial charge in [0.2, 0.25) is 5.88 Å². The molecule has 4 rings (SSSR count). The molecule has 3 aromatic rings. The largest absolute Gasteiger partial charge is 0.505 e. The minimum Gasteiger partial charge on any atom is -0.505 e. The summed E-state index contributed by atoms with van der Waals surface area (Å²) >= 11 is 0.